The zero-order valence-electron chi connectivity index (χ0n) is 9.65. The standard InChI is InChI=1S/C12H15ClN2O2/c1-8(10-3-4-10)14-7-9-2-5-11(13)12(6-9)15(16)17/h2,5-6,8,10,14H,3-4,7H2,1H3. The van der Waals surface area contributed by atoms with Crippen LogP contribution in [0.3, 0.4) is 0 Å². The van der Waals surface area contributed by atoms with Crippen molar-refractivity contribution in [3.05, 3.63) is 38.9 Å². The number of halogens is 1. The maximum absolute atomic E-state index is 10.7. The smallest absolute Gasteiger partial charge is 0.288 e. The van der Waals surface area contributed by atoms with Crippen molar-refractivity contribution in [1.29, 1.82) is 0 Å². The molecule has 1 fully saturated rings. The lowest BCUT2D eigenvalue weighted by atomic mass is 10.1. The van der Waals surface area contributed by atoms with Crippen LogP contribution in [0.5, 0.6) is 0 Å². The summed E-state index contributed by atoms with van der Waals surface area (Å²) in [5, 5.41) is 14.3. The Hall–Kier alpha value is -1.13. The Morgan fingerprint density at radius 3 is 2.88 bits per heavy atom. The summed E-state index contributed by atoms with van der Waals surface area (Å²) in [7, 11) is 0. The van der Waals surface area contributed by atoms with E-state index in [0.29, 0.717) is 12.6 Å². The van der Waals surface area contributed by atoms with Gasteiger partial charge < -0.3 is 5.32 Å². The van der Waals surface area contributed by atoms with Crippen molar-refractivity contribution in [3.63, 3.8) is 0 Å². The van der Waals surface area contributed by atoms with Gasteiger partial charge >= 0.3 is 0 Å². The van der Waals surface area contributed by atoms with Gasteiger partial charge in [0.25, 0.3) is 5.69 Å². The molecule has 92 valence electrons. The molecule has 0 heterocycles. The van der Waals surface area contributed by atoms with Crippen molar-refractivity contribution < 1.29 is 4.92 Å². The maximum Gasteiger partial charge on any atom is 0.288 e. The van der Waals surface area contributed by atoms with Gasteiger partial charge in [0.15, 0.2) is 0 Å². The van der Waals surface area contributed by atoms with Crippen molar-refractivity contribution in [3.8, 4) is 0 Å². The average molecular weight is 255 g/mol. The molecule has 0 saturated heterocycles. The summed E-state index contributed by atoms with van der Waals surface area (Å²) in [6.07, 6.45) is 2.57. The minimum Gasteiger partial charge on any atom is -0.310 e. The summed E-state index contributed by atoms with van der Waals surface area (Å²) in [5.74, 6) is 0.775. The molecule has 1 aliphatic carbocycles. The lowest BCUT2D eigenvalue weighted by Gasteiger charge is -2.12. The van der Waals surface area contributed by atoms with E-state index in [2.05, 4.69) is 12.2 Å². The van der Waals surface area contributed by atoms with Gasteiger partial charge in [0.05, 0.1) is 4.92 Å². The normalized spacial score (nSPS) is 16.8. The molecular weight excluding hydrogens is 240 g/mol. The molecular formula is C12H15ClN2O2. The molecule has 1 aromatic carbocycles. The van der Waals surface area contributed by atoms with Crippen molar-refractivity contribution in [2.75, 3.05) is 0 Å². The third-order valence-corrected chi connectivity index (χ3v) is 3.48. The Morgan fingerprint density at radius 2 is 2.29 bits per heavy atom. The summed E-state index contributed by atoms with van der Waals surface area (Å²) >= 11 is 5.75. The van der Waals surface area contributed by atoms with Crippen molar-refractivity contribution in [2.45, 2.75) is 32.4 Å². The fourth-order valence-corrected chi connectivity index (χ4v) is 2.04. The number of hydrogen-bond acceptors (Lipinski definition) is 3. The molecule has 0 spiro atoms. The number of benzene rings is 1. The van der Waals surface area contributed by atoms with Crippen LogP contribution in [0.4, 0.5) is 5.69 Å². The van der Waals surface area contributed by atoms with Crippen LogP contribution in [0.25, 0.3) is 0 Å². The van der Waals surface area contributed by atoms with E-state index in [1.54, 1.807) is 6.07 Å². The molecule has 0 radical (unpaired) electrons. The fraction of sp³-hybridized carbons (Fsp3) is 0.500. The van der Waals surface area contributed by atoms with Gasteiger partial charge in [-0.25, -0.2) is 0 Å². The fourth-order valence-electron chi connectivity index (χ4n) is 1.85. The van der Waals surface area contributed by atoms with Crippen LogP contribution in [-0.2, 0) is 6.54 Å². The molecule has 1 N–H and O–H groups in total. The quantitative estimate of drug-likeness (QED) is 0.649. The van der Waals surface area contributed by atoms with Gasteiger partial charge in [-0.05, 0) is 37.3 Å². The molecule has 5 heteroatoms. The Morgan fingerprint density at radius 1 is 1.59 bits per heavy atom. The molecule has 0 aromatic heterocycles. The summed E-state index contributed by atoms with van der Waals surface area (Å²) in [6, 6.07) is 5.42. The zero-order valence-corrected chi connectivity index (χ0v) is 10.4. The van der Waals surface area contributed by atoms with Crippen LogP contribution in [-0.4, -0.2) is 11.0 Å². The van der Waals surface area contributed by atoms with Crippen LogP contribution in [0.2, 0.25) is 5.02 Å². The molecule has 1 saturated carbocycles. The predicted molar refractivity (Wildman–Crippen MR) is 67.1 cm³/mol. The first-order valence-corrected chi connectivity index (χ1v) is 6.12. The highest BCUT2D eigenvalue weighted by Gasteiger charge is 2.27. The SMILES string of the molecule is CC(NCc1ccc(Cl)c([N+](=O)[O-])c1)C1CC1. The first-order valence-electron chi connectivity index (χ1n) is 5.74. The number of nitrogens with one attached hydrogen (secondary N) is 1. The second-order valence-electron chi connectivity index (χ2n) is 4.55. The molecule has 1 unspecified atom stereocenters. The lowest BCUT2D eigenvalue weighted by Crippen LogP contribution is -2.27. The van der Waals surface area contributed by atoms with E-state index < -0.39 is 4.92 Å². The minimum absolute atomic E-state index is 0.0231. The number of nitrogens with zero attached hydrogens (tertiary/aromatic N) is 1. The highest BCUT2D eigenvalue weighted by atomic mass is 35.5. The number of nitro groups is 1. The third kappa shape index (κ3) is 3.17. The summed E-state index contributed by atoms with van der Waals surface area (Å²) in [4.78, 5) is 10.3. The van der Waals surface area contributed by atoms with Crippen molar-refractivity contribution in [1.82, 2.24) is 5.32 Å². The average Bonchev–Trinajstić information content (AvgIpc) is 3.11. The number of nitro benzene ring substituents is 1. The molecule has 2 rings (SSSR count). The van der Waals surface area contributed by atoms with E-state index in [4.69, 9.17) is 11.6 Å². The zero-order chi connectivity index (χ0) is 12.4. The van der Waals surface area contributed by atoms with Gasteiger partial charge in [-0.2, -0.15) is 0 Å². The molecule has 17 heavy (non-hydrogen) atoms. The Labute approximate surface area is 105 Å². The second kappa shape index (κ2) is 5.02. The van der Waals surface area contributed by atoms with Gasteiger partial charge in [0.1, 0.15) is 5.02 Å². The molecule has 1 atom stereocenters. The van der Waals surface area contributed by atoms with E-state index in [0.717, 1.165) is 11.5 Å². The minimum atomic E-state index is -0.448. The second-order valence-corrected chi connectivity index (χ2v) is 4.96. The number of rotatable bonds is 5. The monoisotopic (exact) mass is 254 g/mol. The maximum atomic E-state index is 10.7. The Balaban J connectivity index is 2.00. The molecule has 1 aromatic rings. The van der Waals surface area contributed by atoms with Gasteiger partial charge in [-0.3, -0.25) is 10.1 Å². The van der Waals surface area contributed by atoms with E-state index in [1.165, 1.54) is 18.9 Å². The Bertz CT molecular complexity index is 433. The van der Waals surface area contributed by atoms with Crippen LogP contribution in [0.1, 0.15) is 25.3 Å². The van der Waals surface area contributed by atoms with Crippen LogP contribution in [0.15, 0.2) is 18.2 Å². The summed E-state index contributed by atoms with van der Waals surface area (Å²) < 4.78 is 0. The van der Waals surface area contributed by atoms with Crippen LogP contribution < -0.4 is 5.32 Å². The van der Waals surface area contributed by atoms with Crippen LogP contribution >= 0.6 is 11.6 Å². The summed E-state index contributed by atoms with van der Waals surface area (Å²) in [6.45, 7) is 2.80. The summed E-state index contributed by atoms with van der Waals surface area (Å²) in [5.41, 5.74) is 0.874. The highest BCUT2D eigenvalue weighted by molar-refractivity contribution is 6.32. The highest BCUT2D eigenvalue weighted by Crippen LogP contribution is 2.32. The van der Waals surface area contributed by atoms with E-state index >= 15 is 0 Å². The Kier molecular flexibility index (Phi) is 3.64. The van der Waals surface area contributed by atoms with Crippen molar-refractivity contribution in [2.24, 2.45) is 5.92 Å². The van der Waals surface area contributed by atoms with E-state index in [9.17, 15) is 10.1 Å². The predicted octanol–water partition coefficient (Wildman–Crippen LogP) is 3.14. The molecule has 0 bridgehead atoms. The van der Waals surface area contributed by atoms with E-state index in [-0.39, 0.29) is 10.7 Å². The van der Waals surface area contributed by atoms with Gasteiger partial charge in [-0.15, -0.1) is 0 Å². The largest absolute Gasteiger partial charge is 0.310 e. The first kappa shape index (κ1) is 12.3. The van der Waals surface area contributed by atoms with E-state index in [1.807, 2.05) is 6.07 Å². The number of hydrogen-bond donors (Lipinski definition) is 1. The first-order chi connectivity index (χ1) is 8.08. The van der Waals surface area contributed by atoms with Crippen molar-refractivity contribution >= 4 is 17.3 Å². The molecule has 1 aliphatic rings. The molecule has 0 aliphatic heterocycles. The van der Waals surface area contributed by atoms with Gasteiger partial charge in [0.2, 0.25) is 0 Å². The van der Waals surface area contributed by atoms with Gasteiger partial charge in [-0.1, -0.05) is 17.7 Å². The topological polar surface area (TPSA) is 55.2 Å². The lowest BCUT2D eigenvalue weighted by molar-refractivity contribution is -0.384. The molecule has 4 nitrogen and oxygen atoms in total. The molecule has 0 amide bonds. The third-order valence-electron chi connectivity index (χ3n) is 3.16. The van der Waals surface area contributed by atoms with Crippen LogP contribution in [0, 0.1) is 16.0 Å². The van der Waals surface area contributed by atoms with Gasteiger partial charge in [0, 0.05) is 18.7 Å².